The molecule has 0 radical (unpaired) electrons. The number of piperazine rings is 1. The molecule has 0 aromatic carbocycles. The van der Waals surface area contributed by atoms with Crippen LogP contribution in [0.4, 0.5) is 13.2 Å². The summed E-state index contributed by atoms with van der Waals surface area (Å²) in [4.78, 5) is 11.9. The molecule has 1 aromatic heterocycles. The van der Waals surface area contributed by atoms with Crippen LogP contribution in [0, 0.1) is 0 Å². The molecule has 28 heavy (non-hydrogen) atoms. The highest BCUT2D eigenvalue weighted by Crippen LogP contribution is 2.25. The maximum atomic E-state index is 12.9. The van der Waals surface area contributed by atoms with Gasteiger partial charge in [-0.1, -0.05) is 13.0 Å². The Morgan fingerprint density at radius 3 is 2.46 bits per heavy atom. The van der Waals surface area contributed by atoms with E-state index in [2.05, 4.69) is 15.3 Å². The van der Waals surface area contributed by atoms with E-state index in [-0.39, 0.29) is 24.0 Å². The van der Waals surface area contributed by atoms with Crippen LogP contribution in [0.3, 0.4) is 0 Å². The van der Waals surface area contributed by atoms with Gasteiger partial charge in [0.05, 0.1) is 6.61 Å². The van der Waals surface area contributed by atoms with Crippen molar-refractivity contribution in [1.29, 1.82) is 0 Å². The second-order valence-corrected chi connectivity index (χ2v) is 6.49. The number of ether oxygens (including phenoxy) is 1. The number of guanidine groups is 1. The smallest absolute Gasteiger partial charge is 0.403 e. The predicted molar refractivity (Wildman–Crippen MR) is 114 cm³/mol. The number of rotatable bonds is 6. The van der Waals surface area contributed by atoms with Crippen molar-refractivity contribution < 1.29 is 17.9 Å². The van der Waals surface area contributed by atoms with Crippen LogP contribution in [0.5, 0.6) is 5.88 Å². The number of aromatic nitrogens is 1. The van der Waals surface area contributed by atoms with E-state index in [0.717, 1.165) is 12.0 Å². The highest BCUT2D eigenvalue weighted by atomic mass is 127. The molecular weight excluding hydrogens is 486 g/mol. The van der Waals surface area contributed by atoms with Gasteiger partial charge in [-0.15, -0.1) is 24.0 Å². The highest BCUT2D eigenvalue weighted by Gasteiger charge is 2.41. The molecule has 1 saturated heterocycles. The molecule has 1 aliphatic rings. The summed E-state index contributed by atoms with van der Waals surface area (Å²) in [5.74, 6) is 1.28. The predicted octanol–water partition coefficient (Wildman–Crippen LogP) is 3.13. The van der Waals surface area contributed by atoms with E-state index in [0.29, 0.717) is 51.2 Å². The summed E-state index contributed by atoms with van der Waals surface area (Å²) >= 11 is 0. The quantitative estimate of drug-likeness (QED) is 0.359. The van der Waals surface area contributed by atoms with Crippen molar-refractivity contribution in [3.05, 3.63) is 23.9 Å². The van der Waals surface area contributed by atoms with Gasteiger partial charge in [0.1, 0.15) is 6.04 Å². The van der Waals surface area contributed by atoms with Crippen LogP contribution in [-0.4, -0.2) is 72.8 Å². The number of pyridine rings is 1. The van der Waals surface area contributed by atoms with Gasteiger partial charge in [0.15, 0.2) is 5.96 Å². The zero-order valence-corrected chi connectivity index (χ0v) is 18.8. The van der Waals surface area contributed by atoms with Gasteiger partial charge in [-0.05, 0) is 18.9 Å². The lowest BCUT2D eigenvalue weighted by molar-refractivity contribution is -0.181. The molecule has 0 spiro atoms. The zero-order valence-electron chi connectivity index (χ0n) is 16.5. The maximum Gasteiger partial charge on any atom is 0.403 e. The summed E-state index contributed by atoms with van der Waals surface area (Å²) in [6.07, 6.45) is -1.52. The minimum absolute atomic E-state index is 0. The molecule has 1 aromatic rings. The van der Waals surface area contributed by atoms with E-state index in [9.17, 15) is 13.2 Å². The SMILES string of the molecule is CCCOc1ccc(CNC(=NC)N2CCN(C(C)C(F)(F)F)CC2)cn1.I. The van der Waals surface area contributed by atoms with Gasteiger partial charge in [0.25, 0.3) is 0 Å². The molecule has 1 N–H and O–H groups in total. The minimum atomic E-state index is -4.19. The first kappa shape index (κ1) is 24.7. The number of hydrogen-bond donors (Lipinski definition) is 1. The molecule has 10 heteroatoms. The maximum absolute atomic E-state index is 12.9. The number of nitrogens with one attached hydrogen (secondary N) is 1. The van der Waals surface area contributed by atoms with Crippen LogP contribution >= 0.6 is 24.0 Å². The highest BCUT2D eigenvalue weighted by molar-refractivity contribution is 14.0. The lowest BCUT2D eigenvalue weighted by atomic mass is 10.2. The number of alkyl halides is 3. The van der Waals surface area contributed by atoms with E-state index in [1.807, 2.05) is 24.0 Å². The largest absolute Gasteiger partial charge is 0.478 e. The molecule has 0 amide bonds. The van der Waals surface area contributed by atoms with Crippen LogP contribution < -0.4 is 10.1 Å². The van der Waals surface area contributed by atoms with E-state index < -0.39 is 12.2 Å². The summed E-state index contributed by atoms with van der Waals surface area (Å²) < 4.78 is 44.0. The van der Waals surface area contributed by atoms with E-state index >= 15 is 0 Å². The van der Waals surface area contributed by atoms with Crippen molar-refractivity contribution in [3.63, 3.8) is 0 Å². The van der Waals surface area contributed by atoms with E-state index in [1.165, 1.54) is 11.8 Å². The van der Waals surface area contributed by atoms with E-state index in [4.69, 9.17) is 4.74 Å². The lowest BCUT2D eigenvalue weighted by Gasteiger charge is -2.39. The van der Waals surface area contributed by atoms with Crippen molar-refractivity contribution in [3.8, 4) is 5.88 Å². The third-order valence-corrected chi connectivity index (χ3v) is 4.55. The fourth-order valence-electron chi connectivity index (χ4n) is 2.85. The number of halogens is 4. The standard InChI is InChI=1S/C18H28F3N5O.HI/c1-4-11-27-16-6-5-15(12-23-16)13-24-17(22-3)26-9-7-25(8-10-26)14(2)18(19,20)21;/h5-6,12,14H,4,7-11,13H2,1-3H3,(H,22,24);1H. The van der Waals surface area contributed by atoms with Crippen LogP contribution in [0.2, 0.25) is 0 Å². The van der Waals surface area contributed by atoms with Crippen LogP contribution in [0.15, 0.2) is 23.3 Å². The molecule has 0 saturated carbocycles. The Morgan fingerprint density at radius 2 is 1.96 bits per heavy atom. The topological polar surface area (TPSA) is 53.0 Å². The molecule has 1 aliphatic heterocycles. The summed E-state index contributed by atoms with van der Waals surface area (Å²) in [5.41, 5.74) is 0.976. The molecule has 0 bridgehead atoms. The monoisotopic (exact) mass is 515 g/mol. The molecule has 2 rings (SSSR count). The average Bonchev–Trinajstić information content (AvgIpc) is 2.67. The van der Waals surface area contributed by atoms with Crippen molar-refractivity contribution in [2.45, 2.75) is 39.0 Å². The third kappa shape index (κ3) is 7.26. The van der Waals surface area contributed by atoms with Crippen LogP contribution in [0.25, 0.3) is 0 Å². The molecular formula is C18H29F3IN5O. The van der Waals surface area contributed by atoms with Crippen LogP contribution in [0.1, 0.15) is 25.8 Å². The van der Waals surface area contributed by atoms with Gasteiger partial charge in [0, 0.05) is 52.0 Å². The summed E-state index contributed by atoms with van der Waals surface area (Å²) in [5, 5.41) is 3.25. The van der Waals surface area contributed by atoms with Crippen molar-refractivity contribution in [1.82, 2.24) is 20.1 Å². The number of aliphatic imine (C=N–C) groups is 1. The Kier molecular flexibility index (Phi) is 10.3. The van der Waals surface area contributed by atoms with Gasteiger partial charge < -0.3 is 15.0 Å². The zero-order chi connectivity index (χ0) is 19.9. The van der Waals surface area contributed by atoms with Crippen molar-refractivity contribution >= 4 is 29.9 Å². The van der Waals surface area contributed by atoms with Crippen LogP contribution in [-0.2, 0) is 6.54 Å². The summed E-state index contributed by atoms with van der Waals surface area (Å²) in [6, 6.07) is 2.34. The third-order valence-electron chi connectivity index (χ3n) is 4.55. The average molecular weight is 515 g/mol. The Labute approximate surface area is 181 Å². The molecule has 1 atom stereocenters. The summed E-state index contributed by atoms with van der Waals surface area (Å²) in [6.45, 7) is 6.13. The van der Waals surface area contributed by atoms with Gasteiger partial charge in [-0.25, -0.2) is 4.98 Å². The molecule has 6 nitrogen and oxygen atoms in total. The first-order valence-electron chi connectivity index (χ1n) is 9.19. The fraction of sp³-hybridized carbons (Fsp3) is 0.667. The fourth-order valence-corrected chi connectivity index (χ4v) is 2.85. The first-order chi connectivity index (χ1) is 12.8. The van der Waals surface area contributed by atoms with Gasteiger partial charge in [-0.3, -0.25) is 9.89 Å². The van der Waals surface area contributed by atoms with Gasteiger partial charge in [0.2, 0.25) is 5.88 Å². The van der Waals surface area contributed by atoms with Gasteiger partial charge >= 0.3 is 6.18 Å². The van der Waals surface area contributed by atoms with Gasteiger partial charge in [-0.2, -0.15) is 13.2 Å². The first-order valence-corrected chi connectivity index (χ1v) is 9.19. The minimum Gasteiger partial charge on any atom is -0.478 e. The Balaban J connectivity index is 0.00000392. The second kappa shape index (κ2) is 11.6. The lowest BCUT2D eigenvalue weighted by Crippen LogP contribution is -2.56. The summed E-state index contributed by atoms with van der Waals surface area (Å²) in [7, 11) is 1.67. The molecule has 0 aliphatic carbocycles. The number of hydrogen-bond acceptors (Lipinski definition) is 4. The molecule has 160 valence electrons. The Morgan fingerprint density at radius 1 is 1.29 bits per heavy atom. The van der Waals surface area contributed by atoms with E-state index in [1.54, 1.807) is 13.2 Å². The molecule has 1 unspecified atom stereocenters. The second-order valence-electron chi connectivity index (χ2n) is 6.49. The molecule has 2 heterocycles. The Bertz CT molecular complexity index is 604. The Hall–Kier alpha value is -1.30. The van der Waals surface area contributed by atoms with Crippen molar-refractivity contribution in [2.75, 3.05) is 39.8 Å². The molecule has 1 fully saturated rings. The normalized spacial score (nSPS) is 17.1. The van der Waals surface area contributed by atoms with Crippen molar-refractivity contribution in [2.24, 2.45) is 4.99 Å². The number of nitrogens with zero attached hydrogens (tertiary/aromatic N) is 4.